The summed E-state index contributed by atoms with van der Waals surface area (Å²) in [6.07, 6.45) is 0. The van der Waals surface area contributed by atoms with Crippen LogP contribution in [0.25, 0.3) is 0 Å². The van der Waals surface area contributed by atoms with Crippen LogP contribution in [-0.2, 0) is 6.54 Å². The van der Waals surface area contributed by atoms with Gasteiger partial charge in [-0.15, -0.1) is 12.4 Å². The zero-order valence-electron chi connectivity index (χ0n) is 6.01. The summed E-state index contributed by atoms with van der Waals surface area (Å²) in [6.45, 7) is 0.385. The number of rotatable bonds is 2. The number of halogens is 1. The lowest BCUT2D eigenvalue weighted by molar-refractivity contribution is 0.806. The number of hydrogen-bond donors (Lipinski definition) is 2. The topological polar surface area (TPSA) is 72.2 Å². The molecule has 0 saturated carbocycles. The van der Waals surface area contributed by atoms with Crippen molar-refractivity contribution >= 4 is 18.1 Å². The average Bonchev–Trinajstić information content (AvgIpc) is 1.98. The third-order valence-corrected chi connectivity index (χ3v) is 1.40. The van der Waals surface area contributed by atoms with Crippen LogP contribution in [-0.4, -0.2) is 7.05 Å². The van der Waals surface area contributed by atoms with Gasteiger partial charge in [-0.2, -0.15) is 0 Å². The molecule has 0 bridgehead atoms. The molecule has 0 aliphatic heterocycles. The molecular formula is C6H9ClN2O2. The van der Waals surface area contributed by atoms with E-state index in [1.165, 1.54) is 0 Å². The van der Waals surface area contributed by atoms with Crippen molar-refractivity contribution in [2.75, 3.05) is 12.8 Å². The summed E-state index contributed by atoms with van der Waals surface area (Å²) in [7, 11) is 1.69. The maximum atomic E-state index is 10.6. The Labute approximate surface area is 69.5 Å². The van der Waals surface area contributed by atoms with Gasteiger partial charge in [-0.1, -0.05) is 0 Å². The van der Waals surface area contributed by atoms with Crippen molar-refractivity contribution in [1.82, 2.24) is 5.32 Å². The standard InChI is InChI=1S/C6H8N2O2.ClH/c1-8-2-3-4(7)6(10)5(3)9;/h8H,2,7H2,1H3;1H. The minimum Gasteiger partial charge on any atom is -0.395 e. The third-order valence-electron chi connectivity index (χ3n) is 1.40. The molecule has 0 amide bonds. The molecule has 3 N–H and O–H groups in total. The third kappa shape index (κ3) is 1.41. The molecule has 0 aromatic heterocycles. The summed E-state index contributed by atoms with van der Waals surface area (Å²) in [4.78, 5) is 21.1. The van der Waals surface area contributed by atoms with Gasteiger partial charge in [-0.3, -0.25) is 9.59 Å². The van der Waals surface area contributed by atoms with Gasteiger partial charge in [0.15, 0.2) is 0 Å². The van der Waals surface area contributed by atoms with Crippen LogP contribution in [0.4, 0.5) is 5.69 Å². The first-order valence-electron chi connectivity index (χ1n) is 2.90. The molecular weight excluding hydrogens is 168 g/mol. The molecule has 1 aromatic rings. The summed E-state index contributed by atoms with van der Waals surface area (Å²) in [6, 6.07) is 0. The van der Waals surface area contributed by atoms with Gasteiger partial charge in [0.1, 0.15) is 0 Å². The van der Waals surface area contributed by atoms with E-state index in [-0.39, 0.29) is 18.1 Å². The highest BCUT2D eigenvalue weighted by Crippen LogP contribution is 1.99. The molecule has 0 aliphatic rings. The molecule has 1 rings (SSSR count). The molecule has 5 heteroatoms. The van der Waals surface area contributed by atoms with Crippen LogP contribution >= 0.6 is 12.4 Å². The van der Waals surface area contributed by atoms with E-state index in [4.69, 9.17) is 5.73 Å². The van der Waals surface area contributed by atoms with E-state index < -0.39 is 10.9 Å². The number of hydrogen-bond acceptors (Lipinski definition) is 4. The Morgan fingerprint density at radius 1 is 1.36 bits per heavy atom. The zero-order chi connectivity index (χ0) is 7.72. The summed E-state index contributed by atoms with van der Waals surface area (Å²) in [5, 5.41) is 2.74. The highest BCUT2D eigenvalue weighted by atomic mass is 35.5. The lowest BCUT2D eigenvalue weighted by atomic mass is 10.1. The van der Waals surface area contributed by atoms with Crippen LogP contribution in [0, 0.1) is 0 Å². The minimum atomic E-state index is -0.551. The first-order valence-corrected chi connectivity index (χ1v) is 2.90. The SMILES string of the molecule is CNCc1c(N)c(=O)c1=O.Cl. The first kappa shape index (κ1) is 10.1. The monoisotopic (exact) mass is 176 g/mol. The van der Waals surface area contributed by atoms with Crippen molar-refractivity contribution < 1.29 is 0 Å². The average molecular weight is 177 g/mol. The first-order chi connectivity index (χ1) is 4.68. The molecule has 62 valence electrons. The molecule has 0 fully saturated rings. The maximum absolute atomic E-state index is 10.6. The van der Waals surface area contributed by atoms with Crippen molar-refractivity contribution in [2.45, 2.75) is 6.54 Å². The Kier molecular flexibility index (Phi) is 3.22. The van der Waals surface area contributed by atoms with Crippen molar-refractivity contribution in [3.8, 4) is 0 Å². The fourth-order valence-corrected chi connectivity index (χ4v) is 0.808. The summed E-state index contributed by atoms with van der Waals surface area (Å²) in [5.41, 5.74) is 4.73. The van der Waals surface area contributed by atoms with E-state index in [1.807, 2.05) is 0 Å². The van der Waals surface area contributed by atoms with Gasteiger partial charge in [0.05, 0.1) is 5.69 Å². The van der Waals surface area contributed by atoms with Crippen molar-refractivity contribution in [3.05, 3.63) is 26.0 Å². The lowest BCUT2D eigenvalue weighted by Crippen LogP contribution is -2.39. The van der Waals surface area contributed by atoms with E-state index in [9.17, 15) is 9.59 Å². The minimum absolute atomic E-state index is 0. The molecule has 11 heavy (non-hydrogen) atoms. The van der Waals surface area contributed by atoms with Gasteiger partial charge in [0, 0.05) is 12.1 Å². The fraction of sp³-hybridized carbons (Fsp3) is 0.333. The van der Waals surface area contributed by atoms with Gasteiger partial charge >= 0.3 is 0 Å². The Bertz CT molecular complexity index is 314. The molecule has 0 heterocycles. The van der Waals surface area contributed by atoms with Crippen LogP contribution < -0.4 is 21.9 Å². The summed E-state index contributed by atoms with van der Waals surface area (Å²) in [5.74, 6) is 0. The Morgan fingerprint density at radius 2 is 1.91 bits per heavy atom. The summed E-state index contributed by atoms with van der Waals surface area (Å²) >= 11 is 0. The predicted molar refractivity (Wildman–Crippen MR) is 45.8 cm³/mol. The predicted octanol–water partition coefficient (Wildman–Crippen LogP) is -0.994. The zero-order valence-corrected chi connectivity index (χ0v) is 6.83. The smallest absolute Gasteiger partial charge is 0.249 e. The summed E-state index contributed by atoms with van der Waals surface area (Å²) < 4.78 is 0. The van der Waals surface area contributed by atoms with Gasteiger partial charge < -0.3 is 11.1 Å². The molecule has 0 unspecified atom stereocenters. The van der Waals surface area contributed by atoms with E-state index in [0.29, 0.717) is 12.1 Å². The number of nitrogens with one attached hydrogen (secondary N) is 1. The quantitative estimate of drug-likeness (QED) is 0.568. The van der Waals surface area contributed by atoms with Crippen molar-refractivity contribution in [3.63, 3.8) is 0 Å². The van der Waals surface area contributed by atoms with E-state index >= 15 is 0 Å². The molecule has 4 nitrogen and oxygen atoms in total. The highest BCUT2D eigenvalue weighted by molar-refractivity contribution is 5.85. The van der Waals surface area contributed by atoms with Gasteiger partial charge in [0.25, 0.3) is 0 Å². The van der Waals surface area contributed by atoms with Crippen LogP contribution in [0.2, 0.25) is 0 Å². The number of nitrogen functional groups attached to an aromatic ring is 1. The van der Waals surface area contributed by atoms with Crippen molar-refractivity contribution in [1.29, 1.82) is 0 Å². The molecule has 0 radical (unpaired) electrons. The molecule has 0 saturated heterocycles. The van der Waals surface area contributed by atoms with Crippen LogP contribution in [0.3, 0.4) is 0 Å². The maximum Gasteiger partial charge on any atom is 0.249 e. The molecule has 0 atom stereocenters. The van der Waals surface area contributed by atoms with E-state index in [2.05, 4.69) is 5.32 Å². The molecule has 1 aromatic carbocycles. The second-order valence-electron chi connectivity index (χ2n) is 2.08. The Hall–Kier alpha value is -0.870. The van der Waals surface area contributed by atoms with Gasteiger partial charge in [-0.25, -0.2) is 0 Å². The lowest BCUT2D eigenvalue weighted by Gasteiger charge is -2.03. The normalized spacial score (nSPS) is 9.55. The van der Waals surface area contributed by atoms with Gasteiger partial charge in [-0.05, 0) is 7.05 Å². The van der Waals surface area contributed by atoms with Crippen LogP contribution in [0.1, 0.15) is 5.56 Å². The van der Waals surface area contributed by atoms with Gasteiger partial charge in [0.2, 0.25) is 10.9 Å². The van der Waals surface area contributed by atoms with Crippen molar-refractivity contribution in [2.24, 2.45) is 0 Å². The largest absolute Gasteiger partial charge is 0.395 e. The number of anilines is 1. The second-order valence-corrected chi connectivity index (χ2v) is 2.08. The Morgan fingerprint density at radius 3 is 2.27 bits per heavy atom. The second kappa shape index (κ2) is 3.50. The van der Waals surface area contributed by atoms with E-state index in [1.54, 1.807) is 7.05 Å². The van der Waals surface area contributed by atoms with Crippen LogP contribution in [0.5, 0.6) is 0 Å². The molecule has 0 aliphatic carbocycles. The van der Waals surface area contributed by atoms with Crippen LogP contribution in [0.15, 0.2) is 9.59 Å². The Balaban J connectivity index is 0.000001000. The molecule has 0 spiro atoms. The van der Waals surface area contributed by atoms with E-state index in [0.717, 1.165) is 0 Å². The fourth-order valence-electron chi connectivity index (χ4n) is 0.808. The number of nitrogens with two attached hydrogens (primary N) is 1. The highest BCUT2D eigenvalue weighted by Gasteiger charge is 2.15.